The molecule has 0 aliphatic heterocycles. The number of nitrogens with two attached hydrogens (primary N) is 1. The summed E-state index contributed by atoms with van der Waals surface area (Å²) in [7, 11) is -3.52. The normalized spacial score (nSPS) is 10.8. The number of benzene rings is 1. The second kappa shape index (κ2) is 7.42. The summed E-state index contributed by atoms with van der Waals surface area (Å²) in [6, 6.07) is 9.89. The summed E-state index contributed by atoms with van der Waals surface area (Å²) in [4.78, 5) is 12.0. The van der Waals surface area contributed by atoms with E-state index in [0.29, 0.717) is 15.3 Å². The van der Waals surface area contributed by atoms with Crippen molar-refractivity contribution in [3.8, 4) is 11.8 Å². The Morgan fingerprint density at radius 2 is 1.91 bits per heavy atom. The number of nitrogens with one attached hydrogen (secondary N) is 1. The van der Waals surface area contributed by atoms with Crippen LogP contribution in [0.3, 0.4) is 0 Å². The number of amides is 1. The number of hydrogen-bond donors (Lipinski definition) is 2. The van der Waals surface area contributed by atoms with Crippen LogP contribution in [0.2, 0.25) is 0 Å². The van der Waals surface area contributed by atoms with Gasteiger partial charge >= 0.3 is 0 Å². The van der Waals surface area contributed by atoms with E-state index in [-0.39, 0.29) is 6.54 Å². The van der Waals surface area contributed by atoms with Gasteiger partial charge in [-0.2, -0.15) is 4.72 Å². The van der Waals surface area contributed by atoms with Crippen LogP contribution in [-0.2, 0) is 16.4 Å². The highest BCUT2D eigenvalue weighted by Gasteiger charge is 2.15. The molecule has 1 heterocycles. The molecule has 0 saturated heterocycles. The number of rotatable bonds is 5. The van der Waals surface area contributed by atoms with Gasteiger partial charge in [0.15, 0.2) is 0 Å². The Balaban J connectivity index is 1.98. The molecule has 1 aromatic carbocycles. The lowest BCUT2D eigenvalue weighted by Crippen LogP contribution is -2.23. The van der Waals surface area contributed by atoms with Crippen molar-refractivity contribution in [3.05, 3.63) is 52.4 Å². The average Bonchev–Trinajstić information content (AvgIpc) is 3.02. The molecule has 7 heteroatoms. The molecule has 0 bridgehead atoms. The van der Waals surface area contributed by atoms with E-state index in [1.54, 1.807) is 30.3 Å². The second-order valence-corrected chi connectivity index (χ2v) is 7.80. The Morgan fingerprint density at radius 3 is 2.48 bits per heavy atom. The summed E-state index contributed by atoms with van der Waals surface area (Å²) in [5.41, 5.74) is 6.23. The van der Waals surface area contributed by atoms with Gasteiger partial charge in [-0.05, 0) is 42.8 Å². The van der Waals surface area contributed by atoms with Gasteiger partial charge in [-0.3, -0.25) is 4.79 Å². The van der Waals surface area contributed by atoms with E-state index in [1.165, 1.54) is 11.3 Å². The highest BCUT2D eigenvalue weighted by molar-refractivity contribution is 7.91. The first-order valence-corrected chi connectivity index (χ1v) is 9.19. The molecule has 0 unspecified atom stereocenters. The van der Waals surface area contributed by atoms with Gasteiger partial charge in [-0.15, -0.1) is 11.3 Å². The lowest BCUT2D eigenvalue weighted by molar-refractivity contribution is 0.100. The Hall–Kier alpha value is -2.14. The van der Waals surface area contributed by atoms with Crippen LogP contribution in [0.15, 0.2) is 40.6 Å². The largest absolute Gasteiger partial charge is 0.366 e. The monoisotopic (exact) mass is 348 g/mol. The van der Waals surface area contributed by atoms with E-state index >= 15 is 0 Å². The first kappa shape index (κ1) is 17.2. The minimum Gasteiger partial charge on any atom is -0.366 e. The van der Waals surface area contributed by atoms with Gasteiger partial charge < -0.3 is 5.73 Å². The zero-order chi connectivity index (χ0) is 16.9. The predicted molar refractivity (Wildman–Crippen MR) is 90.7 cm³/mol. The molecule has 120 valence electrons. The Kier molecular flexibility index (Phi) is 5.55. The van der Waals surface area contributed by atoms with Crippen molar-refractivity contribution >= 4 is 27.3 Å². The fourth-order valence-corrected chi connectivity index (χ4v) is 4.02. The molecule has 0 spiro atoms. The molecule has 1 aromatic heterocycles. The van der Waals surface area contributed by atoms with Crippen LogP contribution in [0.25, 0.3) is 0 Å². The maximum absolute atomic E-state index is 12.1. The third-order valence-electron chi connectivity index (χ3n) is 3.00. The number of aryl methyl sites for hydroxylation is 1. The fourth-order valence-electron chi connectivity index (χ4n) is 1.76. The Bertz CT molecular complexity index is 857. The first-order chi connectivity index (χ1) is 10.9. The first-order valence-electron chi connectivity index (χ1n) is 6.89. The van der Waals surface area contributed by atoms with Gasteiger partial charge in [0.2, 0.25) is 5.91 Å². The molecular formula is C16H16N2O3S2. The molecule has 0 atom stereocenters. The Morgan fingerprint density at radius 1 is 1.22 bits per heavy atom. The number of sulfonamides is 1. The van der Waals surface area contributed by atoms with Crippen molar-refractivity contribution in [2.45, 2.75) is 17.6 Å². The predicted octanol–water partition coefficient (Wildman–Crippen LogP) is 1.74. The minimum atomic E-state index is -3.52. The number of hydrogen-bond acceptors (Lipinski definition) is 4. The topological polar surface area (TPSA) is 89.3 Å². The van der Waals surface area contributed by atoms with Gasteiger partial charge in [-0.25, -0.2) is 8.42 Å². The van der Waals surface area contributed by atoms with Crippen molar-refractivity contribution < 1.29 is 13.2 Å². The van der Waals surface area contributed by atoms with Gasteiger partial charge in [0, 0.05) is 16.0 Å². The maximum Gasteiger partial charge on any atom is 0.250 e. The summed E-state index contributed by atoms with van der Waals surface area (Å²) in [5.74, 6) is 5.07. The second-order valence-electron chi connectivity index (χ2n) is 4.64. The number of carbonyl (C=O) groups is 1. The lowest BCUT2D eigenvalue weighted by atomic mass is 10.1. The smallest absolute Gasteiger partial charge is 0.250 e. The zero-order valence-electron chi connectivity index (χ0n) is 12.5. The van der Waals surface area contributed by atoms with E-state index in [0.717, 1.165) is 11.3 Å². The van der Waals surface area contributed by atoms with Crippen molar-refractivity contribution in [3.63, 3.8) is 0 Å². The molecule has 1 amide bonds. The highest BCUT2D eigenvalue weighted by atomic mass is 32.2. The molecule has 5 nitrogen and oxygen atoms in total. The van der Waals surface area contributed by atoms with Crippen LogP contribution >= 0.6 is 11.3 Å². The van der Waals surface area contributed by atoms with Crippen molar-refractivity contribution in [2.75, 3.05) is 6.54 Å². The molecule has 0 aliphatic carbocycles. The van der Waals surface area contributed by atoms with Crippen molar-refractivity contribution in [1.82, 2.24) is 4.72 Å². The number of primary amides is 1. The van der Waals surface area contributed by atoms with Crippen molar-refractivity contribution in [1.29, 1.82) is 0 Å². The number of thiophene rings is 1. The van der Waals surface area contributed by atoms with Crippen LogP contribution in [0, 0.1) is 11.8 Å². The summed E-state index contributed by atoms with van der Waals surface area (Å²) in [6.45, 7) is 1.99. The molecule has 3 N–H and O–H groups in total. The molecule has 2 aromatic rings. The van der Waals surface area contributed by atoms with Crippen LogP contribution in [-0.4, -0.2) is 20.9 Å². The molecule has 0 radical (unpaired) electrons. The standard InChI is InChI=1S/C16H16N2O3S2/c1-2-14-9-10-15(22-14)23(20,21)18-11-3-4-12-5-7-13(8-6-12)16(17)19/h5-10,18H,2,11H2,1H3,(H2,17,19). The highest BCUT2D eigenvalue weighted by Crippen LogP contribution is 2.21. The maximum atomic E-state index is 12.1. The fraction of sp³-hybridized carbons (Fsp3) is 0.188. The molecule has 0 aliphatic rings. The van der Waals surface area contributed by atoms with Gasteiger partial charge in [-0.1, -0.05) is 18.8 Å². The third kappa shape index (κ3) is 4.66. The zero-order valence-corrected chi connectivity index (χ0v) is 14.1. The quantitative estimate of drug-likeness (QED) is 0.807. The molecular weight excluding hydrogens is 332 g/mol. The summed E-state index contributed by atoms with van der Waals surface area (Å²) in [6.07, 6.45) is 0.807. The molecule has 0 fully saturated rings. The van der Waals surface area contributed by atoms with E-state index in [9.17, 15) is 13.2 Å². The summed E-state index contributed by atoms with van der Waals surface area (Å²) in [5, 5.41) is 0. The van der Waals surface area contributed by atoms with Gasteiger partial charge in [0.1, 0.15) is 4.21 Å². The molecule has 0 saturated carbocycles. The minimum absolute atomic E-state index is 0.0132. The SMILES string of the molecule is CCc1ccc(S(=O)(=O)NCC#Cc2ccc(C(N)=O)cc2)s1. The molecule has 2 rings (SSSR count). The average molecular weight is 348 g/mol. The van der Waals surface area contributed by atoms with Crippen LogP contribution in [0.5, 0.6) is 0 Å². The lowest BCUT2D eigenvalue weighted by Gasteiger charge is -1.99. The van der Waals surface area contributed by atoms with Gasteiger partial charge in [0.25, 0.3) is 10.0 Å². The van der Waals surface area contributed by atoms with Gasteiger partial charge in [0.05, 0.1) is 6.54 Å². The molecule has 23 heavy (non-hydrogen) atoms. The summed E-state index contributed by atoms with van der Waals surface area (Å²) < 4.78 is 26.9. The number of carbonyl (C=O) groups excluding carboxylic acids is 1. The van der Waals surface area contributed by atoms with E-state index in [2.05, 4.69) is 16.6 Å². The van der Waals surface area contributed by atoms with Crippen molar-refractivity contribution in [2.24, 2.45) is 5.73 Å². The van der Waals surface area contributed by atoms with Crippen LogP contribution < -0.4 is 10.5 Å². The third-order valence-corrected chi connectivity index (χ3v) is 6.13. The van der Waals surface area contributed by atoms with E-state index in [4.69, 9.17) is 5.73 Å². The van der Waals surface area contributed by atoms with E-state index < -0.39 is 15.9 Å². The Labute approximate surface area is 139 Å². The van der Waals surface area contributed by atoms with E-state index in [1.807, 2.05) is 13.0 Å². The van der Waals surface area contributed by atoms with Crippen LogP contribution in [0.4, 0.5) is 0 Å². The van der Waals surface area contributed by atoms with Crippen LogP contribution in [0.1, 0.15) is 27.7 Å². The summed E-state index contributed by atoms with van der Waals surface area (Å²) >= 11 is 1.26.